The van der Waals surface area contributed by atoms with Crippen molar-refractivity contribution in [2.24, 2.45) is 0 Å². The van der Waals surface area contributed by atoms with Crippen LogP contribution >= 0.6 is 23.4 Å². The first-order chi connectivity index (χ1) is 10.2. The van der Waals surface area contributed by atoms with Gasteiger partial charge >= 0.3 is 0 Å². The maximum absolute atomic E-state index is 12.6. The number of hydrogen-bond acceptors (Lipinski definition) is 3. The summed E-state index contributed by atoms with van der Waals surface area (Å²) < 4.78 is 0. The van der Waals surface area contributed by atoms with E-state index in [-0.39, 0.29) is 11.9 Å². The monoisotopic (exact) mass is 320 g/mol. The Balaban J connectivity index is 1.90. The number of amides is 1. The van der Waals surface area contributed by atoms with Crippen molar-refractivity contribution in [1.82, 2.24) is 10.3 Å². The van der Waals surface area contributed by atoms with Crippen molar-refractivity contribution in [1.29, 1.82) is 0 Å². The second-order valence-electron chi connectivity index (χ2n) is 5.29. The molecule has 21 heavy (non-hydrogen) atoms. The predicted octanol–water partition coefficient (Wildman–Crippen LogP) is 3.90. The Morgan fingerprint density at radius 2 is 2.10 bits per heavy atom. The minimum atomic E-state index is -0.0543. The van der Waals surface area contributed by atoms with Crippen LogP contribution in [0, 0.1) is 0 Å². The Hall–Kier alpha value is -1.26. The van der Waals surface area contributed by atoms with Gasteiger partial charge in [-0.3, -0.25) is 4.79 Å². The maximum Gasteiger partial charge on any atom is 0.253 e. The fraction of sp³-hybridized carbons (Fsp3) is 0.375. The number of carbonyl (C=O) groups is 1. The lowest BCUT2D eigenvalue weighted by Crippen LogP contribution is -2.38. The predicted molar refractivity (Wildman–Crippen MR) is 89.2 cm³/mol. The van der Waals surface area contributed by atoms with E-state index in [0.29, 0.717) is 16.0 Å². The van der Waals surface area contributed by atoms with Gasteiger partial charge in [0.25, 0.3) is 5.91 Å². The van der Waals surface area contributed by atoms with Crippen molar-refractivity contribution in [2.45, 2.75) is 30.6 Å². The van der Waals surface area contributed by atoms with Crippen molar-refractivity contribution in [3.05, 3.63) is 41.2 Å². The van der Waals surface area contributed by atoms with E-state index in [9.17, 15) is 4.79 Å². The molecule has 2 atom stereocenters. The molecule has 1 aliphatic carbocycles. The van der Waals surface area contributed by atoms with Crippen LogP contribution in [0.15, 0.2) is 30.5 Å². The van der Waals surface area contributed by atoms with E-state index in [4.69, 9.17) is 11.6 Å². The van der Waals surface area contributed by atoms with E-state index in [1.54, 1.807) is 6.20 Å². The van der Waals surface area contributed by atoms with Crippen LogP contribution in [0.25, 0.3) is 10.8 Å². The Morgan fingerprint density at radius 3 is 2.86 bits per heavy atom. The number of pyridine rings is 1. The molecule has 0 radical (unpaired) electrons. The summed E-state index contributed by atoms with van der Waals surface area (Å²) in [6.07, 6.45) is 7.08. The Kier molecular flexibility index (Phi) is 4.36. The minimum Gasteiger partial charge on any atom is -0.348 e. The van der Waals surface area contributed by atoms with Crippen LogP contribution < -0.4 is 5.32 Å². The fourth-order valence-electron chi connectivity index (χ4n) is 2.96. The number of halogens is 1. The van der Waals surface area contributed by atoms with Crippen LogP contribution in [-0.2, 0) is 0 Å². The Morgan fingerprint density at radius 1 is 1.33 bits per heavy atom. The second kappa shape index (κ2) is 6.24. The number of nitrogens with zero attached hydrogens (tertiary/aromatic N) is 1. The molecule has 5 heteroatoms. The summed E-state index contributed by atoms with van der Waals surface area (Å²) in [6, 6.07) is 7.87. The molecule has 1 fully saturated rings. The van der Waals surface area contributed by atoms with Crippen molar-refractivity contribution in [3.8, 4) is 0 Å². The number of fused-ring (bicyclic) bond motifs is 1. The molecule has 1 aromatic heterocycles. The first-order valence-electron chi connectivity index (χ1n) is 7.07. The lowest BCUT2D eigenvalue weighted by Gasteiger charge is -2.19. The quantitative estimate of drug-likeness (QED) is 0.872. The summed E-state index contributed by atoms with van der Waals surface area (Å²) in [4.78, 5) is 16.7. The van der Waals surface area contributed by atoms with Crippen LogP contribution in [0.1, 0.15) is 29.6 Å². The SMILES string of the molecule is CSC1CCCC1NC(=O)c1cnc(Cl)c2ccccc12. The van der Waals surface area contributed by atoms with E-state index in [2.05, 4.69) is 16.6 Å². The molecule has 1 aliphatic rings. The third-order valence-electron chi connectivity index (χ3n) is 4.06. The summed E-state index contributed by atoms with van der Waals surface area (Å²) in [6.45, 7) is 0. The van der Waals surface area contributed by atoms with Crippen molar-refractivity contribution >= 4 is 40.0 Å². The highest BCUT2D eigenvalue weighted by molar-refractivity contribution is 7.99. The molecule has 0 bridgehead atoms. The molecule has 2 unspecified atom stereocenters. The number of thioether (sulfide) groups is 1. The summed E-state index contributed by atoms with van der Waals surface area (Å²) in [5, 5.41) is 5.79. The molecule has 2 aromatic rings. The van der Waals surface area contributed by atoms with Gasteiger partial charge in [0.05, 0.1) is 5.56 Å². The van der Waals surface area contributed by atoms with Crippen LogP contribution in [0.3, 0.4) is 0 Å². The third-order valence-corrected chi connectivity index (χ3v) is 5.53. The Labute approximate surface area is 133 Å². The highest BCUT2D eigenvalue weighted by Gasteiger charge is 2.28. The topological polar surface area (TPSA) is 42.0 Å². The molecule has 3 nitrogen and oxygen atoms in total. The summed E-state index contributed by atoms with van der Waals surface area (Å²) in [7, 11) is 0. The van der Waals surface area contributed by atoms with E-state index in [1.807, 2.05) is 36.0 Å². The van der Waals surface area contributed by atoms with E-state index < -0.39 is 0 Å². The van der Waals surface area contributed by atoms with Crippen LogP contribution in [0.4, 0.5) is 0 Å². The Bertz CT molecular complexity index is 676. The number of nitrogens with one attached hydrogen (secondary N) is 1. The van der Waals surface area contributed by atoms with E-state index in [0.717, 1.165) is 17.2 Å². The number of benzene rings is 1. The van der Waals surface area contributed by atoms with Crippen LogP contribution in [0.2, 0.25) is 5.15 Å². The summed E-state index contributed by atoms with van der Waals surface area (Å²) in [5.41, 5.74) is 0.599. The van der Waals surface area contributed by atoms with Gasteiger partial charge in [0.2, 0.25) is 0 Å². The first-order valence-corrected chi connectivity index (χ1v) is 8.74. The zero-order valence-electron chi connectivity index (χ0n) is 11.8. The van der Waals surface area contributed by atoms with Gasteiger partial charge in [0.1, 0.15) is 5.15 Å². The molecule has 1 heterocycles. The number of aromatic nitrogens is 1. The molecule has 110 valence electrons. The number of hydrogen-bond donors (Lipinski definition) is 1. The zero-order valence-corrected chi connectivity index (χ0v) is 13.4. The summed E-state index contributed by atoms with van der Waals surface area (Å²) >= 11 is 7.94. The highest BCUT2D eigenvalue weighted by atomic mass is 35.5. The molecular formula is C16H17ClN2OS. The van der Waals surface area contributed by atoms with Crippen molar-refractivity contribution < 1.29 is 4.79 Å². The van der Waals surface area contributed by atoms with Gasteiger partial charge in [-0.15, -0.1) is 0 Å². The van der Waals surface area contributed by atoms with Gasteiger partial charge in [-0.1, -0.05) is 42.3 Å². The van der Waals surface area contributed by atoms with Crippen molar-refractivity contribution in [2.75, 3.05) is 6.26 Å². The molecule has 0 saturated heterocycles. The van der Waals surface area contributed by atoms with Gasteiger partial charge in [-0.25, -0.2) is 4.98 Å². The zero-order chi connectivity index (χ0) is 14.8. The van der Waals surface area contributed by atoms with Gasteiger partial charge in [0, 0.05) is 22.9 Å². The summed E-state index contributed by atoms with van der Waals surface area (Å²) in [5.74, 6) is -0.0543. The maximum atomic E-state index is 12.6. The second-order valence-corrected chi connectivity index (χ2v) is 6.73. The van der Waals surface area contributed by atoms with Crippen molar-refractivity contribution in [3.63, 3.8) is 0 Å². The van der Waals surface area contributed by atoms with Gasteiger partial charge in [0.15, 0.2) is 0 Å². The van der Waals surface area contributed by atoms with Gasteiger partial charge in [-0.2, -0.15) is 11.8 Å². The number of carbonyl (C=O) groups excluding carboxylic acids is 1. The molecule has 1 N–H and O–H groups in total. The normalized spacial score (nSPS) is 21.6. The fourth-order valence-corrected chi connectivity index (χ4v) is 4.11. The molecule has 1 amide bonds. The smallest absolute Gasteiger partial charge is 0.253 e. The number of rotatable bonds is 3. The minimum absolute atomic E-state index is 0.0543. The highest BCUT2D eigenvalue weighted by Crippen LogP contribution is 2.29. The third kappa shape index (κ3) is 2.87. The first kappa shape index (κ1) is 14.7. The van der Waals surface area contributed by atoms with E-state index in [1.165, 1.54) is 12.8 Å². The average Bonchev–Trinajstić information content (AvgIpc) is 2.95. The average molecular weight is 321 g/mol. The standard InChI is InChI=1S/C16H17ClN2OS/c1-21-14-8-4-7-13(14)19-16(20)12-9-18-15(17)11-6-3-2-5-10(11)12/h2-3,5-6,9,13-14H,4,7-8H2,1H3,(H,19,20). The van der Waals surface area contributed by atoms with Crippen LogP contribution in [-0.4, -0.2) is 28.4 Å². The molecule has 1 aromatic carbocycles. The lowest BCUT2D eigenvalue weighted by molar-refractivity contribution is 0.0940. The molecular weight excluding hydrogens is 304 g/mol. The molecule has 3 rings (SSSR count). The van der Waals surface area contributed by atoms with Gasteiger partial charge in [-0.05, 0) is 24.5 Å². The molecule has 0 spiro atoms. The largest absolute Gasteiger partial charge is 0.348 e. The van der Waals surface area contributed by atoms with Gasteiger partial charge < -0.3 is 5.32 Å². The van der Waals surface area contributed by atoms with Crippen LogP contribution in [0.5, 0.6) is 0 Å². The lowest BCUT2D eigenvalue weighted by atomic mass is 10.1. The molecule has 0 aliphatic heterocycles. The molecule has 1 saturated carbocycles. The van der Waals surface area contributed by atoms with E-state index >= 15 is 0 Å².